The summed E-state index contributed by atoms with van der Waals surface area (Å²) in [6.07, 6.45) is 5.02. The van der Waals surface area contributed by atoms with Crippen molar-refractivity contribution in [3.63, 3.8) is 0 Å². The van der Waals surface area contributed by atoms with Crippen molar-refractivity contribution in [1.82, 2.24) is 25.2 Å². The van der Waals surface area contributed by atoms with E-state index in [0.717, 1.165) is 75.8 Å². The zero-order valence-corrected chi connectivity index (χ0v) is 21.4. The molecule has 0 aromatic carbocycles. The van der Waals surface area contributed by atoms with Gasteiger partial charge in [0.15, 0.2) is 12.4 Å². The maximum atomic E-state index is 12.6. The van der Waals surface area contributed by atoms with Crippen LogP contribution >= 0.6 is 0 Å². The van der Waals surface area contributed by atoms with Crippen molar-refractivity contribution in [1.29, 1.82) is 0 Å². The van der Waals surface area contributed by atoms with Gasteiger partial charge in [0.1, 0.15) is 5.82 Å². The lowest BCUT2D eigenvalue weighted by atomic mass is 9.84. The van der Waals surface area contributed by atoms with Crippen LogP contribution in [0.2, 0.25) is 0 Å². The zero-order chi connectivity index (χ0) is 26.3. The molecule has 1 fully saturated rings. The van der Waals surface area contributed by atoms with Crippen molar-refractivity contribution >= 4 is 5.91 Å². The highest BCUT2D eigenvalue weighted by atomic mass is 19.4. The van der Waals surface area contributed by atoms with Gasteiger partial charge >= 0.3 is 6.18 Å². The van der Waals surface area contributed by atoms with Gasteiger partial charge in [-0.15, -0.1) is 0 Å². The summed E-state index contributed by atoms with van der Waals surface area (Å²) in [5.74, 6) is 1.66. The molecule has 1 N–H and O–H groups in total. The molecule has 2 aromatic heterocycles. The van der Waals surface area contributed by atoms with Crippen LogP contribution in [0.15, 0.2) is 24.5 Å². The Bertz CT molecular complexity index is 1020. The lowest BCUT2D eigenvalue weighted by Crippen LogP contribution is -2.40. The minimum Gasteiger partial charge on any atom is -0.481 e. The first-order valence-electron chi connectivity index (χ1n) is 13.2. The third kappa shape index (κ3) is 8.94. The number of hydrogen-bond donors (Lipinski definition) is 1. The number of carbonyl (C=O) groups excluding carboxylic acids is 1. The molecule has 0 saturated heterocycles. The van der Waals surface area contributed by atoms with Gasteiger partial charge in [0.05, 0.1) is 12.4 Å². The van der Waals surface area contributed by atoms with Gasteiger partial charge in [-0.2, -0.15) is 13.2 Å². The Kier molecular flexibility index (Phi) is 9.34. The molecular formula is C27H36F3N5O2. The zero-order valence-electron chi connectivity index (χ0n) is 21.4. The molecule has 4 rings (SSSR count). The van der Waals surface area contributed by atoms with E-state index >= 15 is 0 Å². The monoisotopic (exact) mass is 519 g/mol. The molecular weight excluding hydrogens is 483 g/mol. The predicted molar refractivity (Wildman–Crippen MR) is 133 cm³/mol. The number of ether oxygens (including phenoxy) is 1. The number of rotatable bonds is 9. The third-order valence-corrected chi connectivity index (χ3v) is 7.35. The van der Waals surface area contributed by atoms with Crippen LogP contribution < -0.4 is 10.1 Å². The van der Waals surface area contributed by atoms with Gasteiger partial charge in [-0.3, -0.25) is 9.78 Å². The number of amides is 1. The van der Waals surface area contributed by atoms with Crippen LogP contribution in [0.1, 0.15) is 61.3 Å². The van der Waals surface area contributed by atoms with Gasteiger partial charge in [-0.1, -0.05) is 6.07 Å². The summed E-state index contributed by atoms with van der Waals surface area (Å²) in [5, 5.41) is 3.08. The number of fused-ring (bicyclic) bond motifs is 1. The number of aryl methyl sites for hydroxylation is 2. The Hall–Kier alpha value is -2.75. The van der Waals surface area contributed by atoms with Crippen molar-refractivity contribution in [2.75, 3.05) is 26.2 Å². The molecule has 1 aliphatic carbocycles. The lowest BCUT2D eigenvalue weighted by Gasteiger charge is -2.30. The van der Waals surface area contributed by atoms with Crippen LogP contribution in [0.5, 0.6) is 5.75 Å². The number of nitrogens with zero attached hydrogens (tertiary/aromatic N) is 4. The fourth-order valence-electron chi connectivity index (χ4n) is 5.14. The topological polar surface area (TPSA) is 80.2 Å². The molecule has 1 aliphatic heterocycles. The molecule has 10 heteroatoms. The second kappa shape index (κ2) is 12.7. The van der Waals surface area contributed by atoms with E-state index in [2.05, 4.69) is 25.2 Å². The number of carbonyl (C=O) groups is 1. The summed E-state index contributed by atoms with van der Waals surface area (Å²) < 4.78 is 43.1. The second-order valence-electron chi connectivity index (χ2n) is 10.2. The van der Waals surface area contributed by atoms with Gasteiger partial charge in [-0.05, 0) is 76.0 Å². The summed E-state index contributed by atoms with van der Waals surface area (Å²) >= 11 is 0. The Morgan fingerprint density at radius 1 is 1.11 bits per heavy atom. The molecule has 2 aliphatic rings. The number of nitrogens with one attached hydrogen (secondary N) is 1. The summed E-state index contributed by atoms with van der Waals surface area (Å²) in [5.41, 5.74) is 2.65. The molecule has 1 saturated carbocycles. The van der Waals surface area contributed by atoms with E-state index in [4.69, 9.17) is 4.74 Å². The quantitative estimate of drug-likeness (QED) is 0.535. The Balaban J connectivity index is 1.13. The van der Waals surface area contributed by atoms with Crippen molar-refractivity contribution in [2.45, 2.75) is 76.9 Å². The number of aromatic nitrogens is 3. The van der Waals surface area contributed by atoms with E-state index in [-0.39, 0.29) is 25.0 Å². The second-order valence-corrected chi connectivity index (χ2v) is 10.2. The number of pyridine rings is 1. The molecule has 37 heavy (non-hydrogen) atoms. The molecule has 7 nitrogen and oxygen atoms in total. The van der Waals surface area contributed by atoms with E-state index in [0.29, 0.717) is 23.2 Å². The largest absolute Gasteiger partial charge is 0.481 e. The summed E-state index contributed by atoms with van der Waals surface area (Å²) in [7, 11) is 0. The molecule has 3 heterocycles. The predicted octanol–water partition coefficient (Wildman–Crippen LogP) is 4.22. The minimum atomic E-state index is -4.15. The fourth-order valence-corrected chi connectivity index (χ4v) is 5.14. The highest BCUT2D eigenvalue weighted by molar-refractivity contribution is 5.77. The summed E-state index contributed by atoms with van der Waals surface area (Å²) in [6, 6.07) is 3.90. The molecule has 0 unspecified atom stereocenters. The van der Waals surface area contributed by atoms with Crippen LogP contribution in [0, 0.1) is 12.8 Å². The van der Waals surface area contributed by atoms with Crippen LogP contribution in [0.3, 0.4) is 0 Å². The Labute approximate surface area is 216 Å². The number of halogens is 3. The van der Waals surface area contributed by atoms with Crippen LogP contribution in [0.4, 0.5) is 13.2 Å². The van der Waals surface area contributed by atoms with E-state index in [1.807, 2.05) is 6.07 Å². The maximum absolute atomic E-state index is 12.6. The Morgan fingerprint density at radius 2 is 1.84 bits per heavy atom. The Morgan fingerprint density at radius 3 is 2.57 bits per heavy atom. The smallest absolute Gasteiger partial charge is 0.389 e. The van der Waals surface area contributed by atoms with E-state index in [1.165, 1.54) is 0 Å². The molecule has 0 spiro atoms. The first-order chi connectivity index (χ1) is 17.7. The average molecular weight is 520 g/mol. The highest BCUT2D eigenvalue weighted by Gasteiger charge is 2.27. The maximum Gasteiger partial charge on any atom is 0.389 e. The number of hydrogen-bond acceptors (Lipinski definition) is 6. The van der Waals surface area contributed by atoms with E-state index < -0.39 is 12.6 Å². The molecule has 202 valence electrons. The van der Waals surface area contributed by atoms with Gasteiger partial charge < -0.3 is 15.0 Å². The van der Waals surface area contributed by atoms with Crippen molar-refractivity contribution in [3.05, 3.63) is 47.3 Å². The van der Waals surface area contributed by atoms with Gasteiger partial charge in [0, 0.05) is 43.4 Å². The van der Waals surface area contributed by atoms with Crippen molar-refractivity contribution < 1.29 is 22.7 Å². The normalized spacial score (nSPS) is 20.6. The van der Waals surface area contributed by atoms with Crippen LogP contribution in [-0.2, 0) is 24.1 Å². The molecule has 0 bridgehead atoms. The molecule has 1 amide bonds. The summed E-state index contributed by atoms with van der Waals surface area (Å²) in [4.78, 5) is 27.4. The van der Waals surface area contributed by atoms with Crippen molar-refractivity contribution in [2.24, 2.45) is 5.92 Å². The number of alkyl halides is 3. The van der Waals surface area contributed by atoms with E-state index in [1.54, 1.807) is 25.4 Å². The molecule has 2 aromatic rings. The van der Waals surface area contributed by atoms with Gasteiger partial charge in [-0.25, -0.2) is 9.97 Å². The van der Waals surface area contributed by atoms with E-state index in [9.17, 15) is 18.0 Å². The highest BCUT2D eigenvalue weighted by Crippen LogP contribution is 2.28. The van der Waals surface area contributed by atoms with Crippen LogP contribution in [0.25, 0.3) is 0 Å². The standard InChI is InChI=1S/C27H36F3N5O2/c1-19-31-16-24(17-32-19)37-18-26(36)34-22-5-2-20(3-6-22)9-13-35-14-10-21-4-7-23(8-12-27(28,29)30)33-25(21)11-15-35/h4,7,16-17,20,22H,2-3,5-6,8-15,18H2,1H3,(H,34,36). The molecule has 0 atom stereocenters. The van der Waals surface area contributed by atoms with Crippen molar-refractivity contribution in [3.8, 4) is 5.75 Å². The summed E-state index contributed by atoms with van der Waals surface area (Å²) in [6.45, 7) is 4.61. The third-order valence-electron chi connectivity index (χ3n) is 7.35. The first kappa shape index (κ1) is 27.3. The lowest BCUT2D eigenvalue weighted by molar-refractivity contribution is -0.134. The fraction of sp³-hybridized carbons (Fsp3) is 0.630. The average Bonchev–Trinajstić information content (AvgIpc) is 3.08. The van der Waals surface area contributed by atoms with Gasteiger partial charge in [0.25, 0.3) is 5.91 Å². The van der Waals surface area contributed by atoms with Gasteiger partial charge in [0.2, 0.25) is 0 Å². The minimum absolute atomic E-state index is 0.0393. The molecule has 0 radical (unpaired) electrons. The first-order valence-corrected chi connectivity index (χ1v) is 13.2. The van der Waals surface area contributed by atoms with Crippen LogP contribution in [-0.4, -0.2) is 64.2 Å². The SMILES string of the molecule is Cc1ncc(OCC(=O)NC2CCC(CCN3CCc4ccc(CCC(F)(F)F)nc4CC3)CC2)cn1.